The van der Waals surface area contributed by atoms with Crippen LogP contribution in [0, 0.1) is 11.7 Å². The predicted molar refractivity (Wildman–Crippen MR) is 96.9 cm³/mol. The van der Waals surface area contributed by atoms with Gasteiger partial charge in [0.05, 0.1) is 11.4 Å². The van der Waals surface area contributed by atoms with Crippen LogP contribution in [0.1, 0.15) is 26.2 Å². The molecular weight excluding hydrogens is 341 g/mol. The molecule has 0 radical (unpaired) electrons. The van der Waals surface area contributed by atoms with Crippen molar-refractivity contribution in [3.8, 4) is 11.3 Å². The molecule has 2 aromatic rings. The molecule has 0 spiro atoms. The van der Waals surface area contributed by atoms with Crippen molar-refractivity contribution in [2.45, 2.75) is 26.2 Å². The number of halogens is 1. The predicted octanol–water partition coefficient (Wildman–Crippen LogP) is 4.20. The van der Waals surface area contributed by atoms with Crippen LogP contribution >= 0.6 is 11.3 Å². The molecule has 0 bridgehead atoms. The molecule has 5 nitrogen and oxygen atoms in total. The second-order valence-corrected chi connectivity index (χ2v) is 6.78. The summed E-state index contributed by atoms with van der Waals surface area (Å²) in [5.74, 6) is -0.511. The van der Waals surface area contributed by atoms with Gasteiger partial charge in [0, 0.05) is 24.3 Å². The van der Waals surface area contributed by atoms with Gasteiger partial charge in [-0.2, -0.15) is 0 Å². The number of anilines is 2. The van der Waals surface area contributed by atoms with E-state index in [4.69, 9.17) is 0 Å². The van der Waals surface area contributed by atoms with Gasteiger partial charge in [-0.1, -0.05) is 12.2 Å². The summed E-state index contributed by atoms with van der Waals surface area (Å²) in [5, 5.41) is 7.66. The molecule has 0 fully saturated rings. The Bertz CT molecular complexity index is 831. The highest BCUT2D eigenvalue weighted by atomic mass is 32.1. The maximum Gasteiger partial charge on any atom is 0.226 e. The summed E-state index contributed by atoms with van der Waals surface area (Å²) in [6.07, 6.45) is 6.64. The van der Waals surface area contributed by atoms with Gasteiger partial charge in [0.2, 0.25) is 11.8 Å². The SMILES string of the molecule is CC(=O)Nc1cc(F)ccc1-c1csc(NC(=O)C[C@@H]2C=CCC2)n1. The standard InChI is InChI=1S/C18H18FN3O2S/c1-11(23)20-15-9-13(19)6-7-14(15)16-10-25-18(21-16)22-17(24)8-12-4-2-3-5-12/h2,4,6-7,9-10,12H,3,5,8H2,1H3,(H,20,23)(H,21,22,24)/t12-/m1/s1. The van der Waals surface area contributed by atoms with Crippen molar-refractivity contribution in [2.24, 2.45) is 5.92 Å². The molecule has 1 aromatic heterocycles. The Morgan fingerprint density at radius 3 is 2.92 bits per heavy atom. The number of carbonyl (C=O) groups excluding carboxylic acids is 2. The minimum absolute atomic E-state index is 0.0707. The summed E-state index contributed by atoms with van der Waals surface area (Å²) in [5.41, 5.74) is 1.53. The lowest BCUT2D eigenvalue weighted by Gasteiger charge is -2.08. The number of hydrogen-bond donors (Lipinski definition) is 2. The van der Waals surface area contributed by atoms with Crippen molar-refractivity contribution in [3.63, 3.8) is 0 Å². The molecule has 1 atom stereocenters. The summed E-state index contributed by atoms with van der Waals surface area (Å²) in [6.45, 7) is 1.36. The summed E-state index contributed by atoms with van der Waals surface area (Å²) >= 11 is 1.29. The molecule has 130 valence electrons. The monoisotopic (exact) mass is 359 g/mol. The van der Waals surface area contributed by atoms with Crippen molar-refractivity contribution in [3.05, 3.63) is 41.5 Å². The van der Waals surface area contributed by atoms with Gasteiger partial charge in [-0.25, -0.2) is 9.37 Å². The lowest BCUT2D eigenvalue weighted by molar-refractivity contribution is -0.117. The molecule has 0 saturated carbocycles. The van der Waals surface area contributed by atoms with Gasteiger partial charge >= 0.3 is 0 Å². The maximum absolute atomic E-state index is 13.5. The lowest BCUT2D eigenvalue weighted by Crippen LogP contribution is -2.14. The number of amides is 2. The quantitative estimate of drug-likeness (QED) is 0.786. The van der Waals surface area contributed by atoms with Crippen molar-refractivity contribution in [1.82, 2.24) is 4.98 Å². The van der Waals surface area contributed by atoms with Gasteiger partial charge in [0.25, 0.3) is 0 Å². The average Bonchev–Trinajstić information content (AvgIpc) is 3.19. The van der Waals surface area contributed by atoms with Crippen LogP contribution in [0.2, 0.25) is 0 Å². The van der Waals surface area contributed by atoms with E-state index in [0.717, 1.165) is 12.8 Å². The molecule has 7 heteroatoms. The van der Waals surface area contributed by atoms with Gasteiger partial charge in [-0.15, -0.1) is 11.3 Å². The first kappa shape index (κ1) is 17.3. The van der Waals surface area contributed by atoms with Crippen LogP contribution in [-0.4, -0.2) is 16.8 Å². The van der Waals surface area contributed by atoms with Crippen LogP contribution in [0.15, 0.2) is 35.7 Å². The zero-order chi connectivity index (χ0) is 17.8. The van der Waals surface area contributed by atoms with Crippen molar-refractivity contribution >= 4 is 34.0 Å². The fourth-order valence-electron chi connectivity index (χ4n) is 2.76. The molecule has 0 unspecified atom stereocenters. The smallest absolute Gasteiger partial charge is 0.226 e. The molecule has 3 rings (SSSR count). The van der Waals surface area contributed by atoms with Crippen molar-refractivity contribution < 1.29 is 14.0 Å². The molecule has 1 aliphatic carbocycles. The molecule has 25 heavy (non-hydrogen) atoms. The van der Waals surface area contributed by atoms with Crippen LogP contribution < -0.4 is 10.6 Å². The van der Waals surface area contributed by atoms with E-state index in [1.54, 1.807) is 11.4 Å². The number of thiazole rings is 1. The first-order valence-electron chi connectivity index (χ1n) is 8.01. The zero-order valence-electron chi connectivity index (χ0n) is 13.7. The second-order valence-electron chi connectivity index (χ2n) is 5.93. The third-order valence-corrected chi connectivity index (χ3v) is 4.64. The van der Waals surface area contributed by atoms with E-state index < -0.39 is 5.82 Å². The number of carbonyl (C=O) groups is 2. The average molecular weight is 359 g/mol. The lowest BCUT2D eigenvalue weighted by atomic mass is 10.1. The Morgan fingerprint density at radius 2 is 2.20 bits per heavy atom. The van der Waals surface area contributed by atoms with E-state index in [0.29, 0.717) is 34.4 Å². The van der Waals surface area contributed by atoms with Gasteiger partial charge in [0.15, 0.2) is 5.13 Å². The highest BCUT2D eigenvalue weighted by Crippen LogP contribution is 2.31. The Balaban J connectivity index is 1.73. The van der Waals surface area contributed by atoms with Crippen LogP contribution in [0.5, 0.6) is 0 Å². The van der Waals surface area contributed by atoms with Crippen LogP contribution in [0.25, 0.3) is 11.3 Å². The number of nitrogens with zero attached hydrogens (tertiary/aromatic N) is 1. The molecule has 1 aliphatic rings. The summed E-state index contributed by atoms with van der Waals surface area (Å²) in [6, 6.07) is 4.12. The largest absolute Gasteiger partial charge is 0.326 e. The van der Waals surface area contributed by atoms with Gasteiger partial charge in [-0.05, 0) is 37.0 Å². The number of rotatable bonds is 5. The highest BCUT2D eigenvalue weighted by molar-refractivity contribution is 7.14. The molecule has 1 heterocycles. The van der Waals surface area contributed by atoms with Crippen LogP contribution in [-0.2, 0) is 9.59 Å². The number of nitrogens with one attached hydrogen (secondary N) is 2. The molecule has 0 aliphatic heterocycles. The fraction of sp³-hybridized carbons (Fsp3) is 0.278. The van der Waals surface area contributed by atoms with Crippen molar-refractivity contribution in [2.75, 3.05) is 10.6 Å². The van der Waals surface area contributed by atoms with Gasteiger partial charge < -0.3 is 10.6 Å². The van der Waals surface area contributed by atoms with Gasteiger partial charge in [0.1, 0.15) is 5.82 Å². The maximum atomic E-state index is 13.5. The number of aromatic nitrogens is 1. The molecule has 2 N–H and O–H groups in total. The minimum Gasteiger partial charge on any atom is -0.326 e. The van der Waals surface area contributed by atoms with Gasteiger partial charge in [-0.3, -0.25) is 9.59 Å². The third kappa shape index (κ3) is 4.51. The van der Waals surface area contributed by atoms with E-state index >= 15 is 0 Å². The van der Waals surface area contributed by atoms with E-state index in [9.17, 15) is 14.0 Å². The Hall–Kier alpha value is -2.54. The molecular formula is C18H18FN3O2S. The number of allylic oxidation sites excluding steroid dienone is 2. The van der Waals surface area contributed by atoms with Crippen molar-refractivity contribution in [1.29, 1.82) is 0 Å². The number of benzene rings is 1. The zero-order valence-corrected chi connectivity index (χ0v) is 14.5. The summed E-state index contributed by atoms with van der Waals surface area (Å²) in [4.78, 5) is 27.8. The first-order valence-corrected chi connectivity index (χ1v) is 8.89. The van der Waals surface area contributed by atoms with E-state index in [1.165, 1.54) is 30.4 Å². The van der Waals surface area contributed by atoms with E-state index in [2.05, 4.69) is 27.8 Å². The van der Waals surface area contributed by atoms with E-state index in [-0.39, 0.29) is 11.8 Å². The molecule has 2 amide bonds. The Morgan fingerprint density at radius 1 is 1.36 bits per heavy atom. The summed E-state index contributed by atoms with van der Waals surface area (Å²) in [7, 11) is 0. The second kappa shape index (κ2) is 7.57. The normalized spacial score (nSPS) is 16.0. The Kier molecular flexibility index (Phi) is 5.23. The third-order valence-electron chi connectivity index (χ3n) is 3.88. The Labute approximate surface area is 149 Å². The topological polar surface area (TPSA) is 71.1 Å². The highest BCUT2D eigenvalue weighted by Gasteiger charge is 2.16. The van der Waals surface area contributed by atoms with E-state index in [1.807, 2.05) is 0 Å². The minimum atomic E-state index is -0.444. The number of hydrogen-bond acceptors (Lipinski definition) is 4. The summed E-state index contributed by atoms with van der Waals surface area (Å²) < 4.78 is 13.5. The molecule has 0 saturated heterocycles. The van der Waals surface area contributed by atoms with Crippen LogP contribution in [0.3, 0.4) is 0 Å². The van der Waals surface area contributed by atoms with Crippen LogP contribution in [0.4, 0.5) is 15.2 Å². The first-order chi connectivity index (χ1) is 12.0. The fourth-order valence-corrected chi connectivity index (χ4v) is 3.49. The molecule has 1 aromatic carbocycles.